The molecule has 0 radical (unpaired) electrons. The number of hydrogen-bond donors (Lipinski definition) is 0. The molecule has 0 N–H and O–H groups in total. The highest BCUT2D eigenvalue weighted by atomic mass is 35.5. The maximum Gasteiger partial charge on any atom is 0.261 e. The van der Waals surface area contributed by atoms with Crippen LogP contribution < -0.4 is 0 Å². The van der Waals surface area contributed by atoms with Crippen LogP contribution >= 0.6 is 22.9 Å². The van der Waals surface area contributed by atoms with Gasteiger partial charge in [0.1, 0.15) is 0 Å². The first-order valence-electron chi connectivity index (χ1n) is 6.63. The molecule has 1 unspecified atom stereocenters. The van der Waals surface area contributed by atoms with Crippen LogP contribution in [0.5, 0.6) is 0 Å². The minimum absolute atomic E-state index is 0.0851. The fourth-order valence-electron chi connectivity index (χ4n) is 2.58. The van der Waals surface area contributed by atoms with Crippen LogP contribution in [0.4, 0.5) is 0 Å². The lowest BCUT2D eigenvalue weighted by Crippen LogP contribution is -2.38. The van der Waals surface area contributed by atoms with Crippen molar-refractivity contribution in [3.05, 3.63) is 45.8 Å². The largest absolute Gasteiger partial charge is 0.261 e. The summed E-state index contributed by atoms with van der Waals surface area (Å²) in [5, 5.41) is 2.10. The Morgan fingerprint density at radius 2 is 2.24 bits per heavy atom. The van der Waals surface area contributed by atoms with Crippen molar-refractivity contribution in [3.8, 4) is 0 Å². The molecule has 112 valence electrons. The van der Waals surface area contributed by atoms with E-state index >= 15 is 0 Å². The molecular weight excluding hydrogens is 328 g/mol. The first-order valence-corrected chi connectivity index (χ1v) is 9.48. The molecule has 21 heavy (non-hydrogen) atoms. The Hall–Kier alpha value is -0.950. The number of rotatable bonds is 3. The lowest BCUT2D eigenvalue weighted by molar-refractivity contribution is 0.328. The molecule has 1 atom stereocenters. The number of aromatic nitrogens is 1. The van der Waals surface area contributed by atoms with E-state index in [9.17, 15) is 8.42 Å². The summed E-state index contributed by atoms with van der Waals surface area (Å²) < 4.78 is 27.1. The van der Waals surface area contributed by atoms with Gasteiger partial charge in [0.05, 0.1) is 0 Å². The topological polar surface area (TPSA) is 50.3 Å². The van der Waals surface area contributed by atoms with Crippen LogP contribution in [0.25, 0.3) is 0 Å². The molecule has 0 bridgehead atoms. The number of hydrogen-bond acceptors (Lipinski definition) is 4. The second-order valence-electron chi connectivity index (χ2n) is 4.98. The van der Waals surface area contributed by atoms with E-state index in [0.717, 1.165) is 17.5 Å². The average Bonchev–Trinajstić information content (AvgIpc) is 2.97. The Bertz CT molecular complexity index is 741. The highest BCUT2D eigenvalue weighted by Gasteiger charge is 2.35. The molecule has 0 saturated heterocycles. The number of pyridine rings is 1. The number of fused-ring (bicyclic) bond motifs is 1. The van der Waals surface area contributed by atoms with Crippen LogP contribution in [0.3, 0.4) is 0 Å². The van der Waals surface area contributed by atoms with Crippen molar-refractivity contribution in [1.29, 1.82) is 0 Å². The Kier molecular flexibility index (Phi) is 4.05. The minimum atomic E-state index is -3.57. The molecule has 0 aromatic carbocycles. The van der Waals surface area contributed by atoms with Gasteiger partial charge < -0.3 is 0 Å². The van der Waals surface area contributed by atoms with E-state index in [4.69, 9.17) is 11.6 Å². The van der Waals surface area contributed by atoms with Crippen LogP contribution in [-0.2, 0) is 22.3 Å². The van der Waals surface area contributed by atoms with Crippen LogP contribution in [0.2, 0.25) is 0 Å². The summed E-state index contributed by atoms with van der Waals surface area (Å²) in [5.74, 6) is 0.325. The summed E-state index contributed by atoms with van der Waals surface area (Å²) in [6.45, 7) is 2.42. The summed E-state index contributed by atoms with van der Waals surface area (Å²) in [4.78, 5) is 5.34. The van der Waals surface area contributed by atoms with E-state index in [-0.39, 0.29) is 11.1 Å². The van der Waals surface area contributed by atoms with Gasteiger partial charge >= 0.3 is 0 Å². The second-order valence-corrected chi connectivity index (χ2v) is 8.08. The van der Waals surface area contributed by atoms with Crippen LogP contribution in [0, 0.1) is 0 Å². The maximum atomic E-state index is 12.8. The van der Waals surface area contributed by atoms with Gasteiger partial charge in [-0.15, -0.1) is 22.9 Å². The molecule has 1 aliphatic heterocycles. The highest BCUT2D eigenvalue weighted by molar-refractivity contribution is 7.89. The first-order chi connectivity index (χ1) is 10.0. The molecule has 0 amide bonds. The molecule has 0 aliphatic carbocycles. The molecular formula is C14H15ClN2O2S2. The van der Waals surface area contributed by atoms with E-state index in [0.29, 0.717) is 12.4 Å². The van der Waals surface area contributed by atoms with Crippen molar-refractivity contribution < 1.29 is 8.42 Å². The quantitative estimate of drug-likeness (QED) is 0.805. The summed E-state index contributed by atoms with van der Waals surface area (Å²) in [6, 6.07) is 5.09. The molecule has 0 fully saturated rings. The second kappa shape index (κ2) is 5.68. The monoisotopic (exact) mass is 342 g/mol. The SMILES string of the molecule is CC1c2ccsc2CCN1S(=O)(=O)c1ccc(CCl)cn1. The van der Waals surface area contributed by atoms with E-state index in [1.165, 1.54) is 21.4 Å². The third-order valence-corrected chi connectivity index (χ3v) is 6.94. The molecule has 3 rings (SSSR count). The van der Waals surface area contributed by atoms with Gasteiger partial charge in [-0.3, -0.25) is 0 Å². The summed E-state index contributed by atoms with van der Waals surface area (Å²) in [6.07, 6.45) is 2.28. The predicted octanol–water partition coefficient (Wildman–Crippen LogP) is 3.19. The maximum absolute atomic E-state index is 12.8. The molecule has 2 aromatic heterocycles. The van der Waals surface area contributed by atoms with Gasteiger partial charge in [-0.25, -0.2) is 13.4 Å². The molecule has 0 spiro atoms. The minimum Gasteiger partial charge on any atom is -0.243 e. The van der Waals surface area contributed by atoms with Crippen LogP contribution in [-0.4, -0.2) is 24.3 Å². The molecule has 1 aliphatic rings. The average molecular weight is 343 g/mol. The van der Waals surface area contributed by atoms with Gasteiger partial charge in [0.15, 0.2) is 5.03 Å². The molecule has 7 heteroatoms. The summed E-state index contributed by atoms with van der Waals surface area (Å²) >= 11 is 7.40. The Morgan fingerprint density at radius 1 is 1.43 bits per heavy atom. The van der Waals surface area contributed by atoms with Crippen molar-refractivity contribution in [2.24, 2.45) is 0 Å². The number of alkyl halides is 1. The molecule has 0 saturated carbocycles. The van der Waals surface area contributed by atoms with Crippen LogP contribution in [0.1, 0.15) is 29.0 Å². The Morgan fingerprint density at radius 3 is 2.90 bits per heavy atom. The first kappa shape index (κ1) is 15.0. The smallest absolute Gasteiger partial charge is 0.243 e. The number of thiophene rings is 1. The van der Waals surface area contributed by atoms with Gasteiger partial charge in [-0.1, -0.05) is 6.07 Å². The molecule has 2 aromatic rings. The zero-order valence-corrected chi connectivity index (χ0v) is 13.9. The van der Waals surface area contributed by atoms with Crippen molar-refractivity contribution in [3.63, 3.8) is 0 Å². The number of nitrogens with zero attached hydrogens (tertiary/aromatic N) is 2. The van der Waals surface area contributed by atoms with Crippen molar-refractivity contribution in [2.45, 2.75) is 30.3 Å². The van der Waals surface area contributed by atoms with Crippen LogP contribution in [0.15, 0.2) is 34.8 Å². The van der Waals surface area contributed by atoms with Crippen molar-refractivity contribution in [1.82, 2.24) is 9.29 Å². The Labute approximate surface area is 133 Å². The van der Waals surface area contributed by atoms with E-state index < -0.39 is 10.0 Å². The Balaban J connectivity index is 1.95. The fourth-order valence-corrected chi connectivity index (χ4v) is 5.23. The van der Waals surface area contributed by atoms with E-state index in [1.54, 1.807) is 17.4 Å². The molecule has 4 nitrogen and oxygen atoms in total. The zero-order chi connectivity index (χ0) is 15.0. The number of sulfonamides is 1. The van der Waals surface area contributed by atoms with E-state index in [1.807, 2.05) is 18.4 Å². The fraction of sp³-hybridized carbons (Fsp3) is 0.357. The van der Waals surface area contributed by atoms with Gasteiger partial charge in [0.25, 0.3) is 10.0 Å². The van der Waals surface area contributed by atoms with E-state index in [2.05, 4.69) is 4.98 Å². The van der Waals surface area contributed by atoms with Gasteiger partial charge in [0, 0.05) is 29.5 Å². The summed E-state index contributed by atoms with van der Waals surface area (Å²) in [5.41, 5.74) is 1.91. The third kappa shape index (κ3) is 2.61. The normalized spacial score (nSPS) is 19.4. The van der Waals surface area contributed by atoms with Crippen molar-refractivity contribution >= 4 is 33.0 Å². The standard InChI is InChI=1S/C14H15ClN2O2S2/c1-10-12-5-7-20-13(12)4-6-17(10)21(18,19)14-3-2-11(8-15)9-16-14/h2-3,5,7,9-10H,4,6,8H2,1H3. The van der Waals surface area contributed by atoms with Gasteiger partial charge in [-0.05, 0) is 42.0 Å². The molecule has 3 heterocycles. The van der Waals surface area contributed by atoms with Gasteiger partial charge in [0.2, 0.25) is 0 Å². The third-order valence-electron chi connectivity index (χ3n) is 3.75. The lowest BCUT2D eigenvalue weighted by atomic mass is 10.0. The summed E-state index contributed by atoms with van der Waals surface area (Å²) in [7, 11) is -3.57. The number of halogens is 1. The lowest BCUT2D eigenvalue weighted by Gasteiger charge is -2.32. The predicted molar refractivity (Wildman–Crippen MR) is 84.1 cm³/mol. The van der Waals surface area contributed by atoms with Gasteiger partial charge in [-0.2, -0.15) is 4.31 Å². The highest BCUT2D eigenvalue weighted by Crippen LogP contribution is 2.35. The van der Waals surface area contributed by atoms with Crippen molar-refractivity contribution in [2.75, 3.05) is 6.54 Å². The zero-order valence-electron chi connectivity index (χ0n) is 11.5.